The number of nitrogens with zero attached hydrogens (tertiary/aromatic N) is 1. The minimum atomic E-state index is -0.731. The number of carbonyl (C=O) groups excluding carboxylic acids is 4. The van der Waals surface area contributed by atoms with Gasteiger partial charge in [-0.05, 0) is 24.0 Å². The molecule has 1 aliphatic heterocycles. The van der Waals surface area contributed by atoms with E-state index in [4.69, 9.17) is 4.74 Å². The fourth-order valence-corrected chi connectivity index (χ4v) is 2.95. The van der Waals surface area contributed by atoms with Crippen molar-refractivity contribution in [1.82, 2.24) is 10.6 Å². The van der Waals surface area contributed by atoms with Crippen LogP contribution in [0.25, 0.3) is 0 Å². The molecule has 1 aromatic carbocycles. The molecule has 27 heavy (non-hydrogen) atoms. The van der Waals surface area contributed by atoms with E-state index >= 15 is 0 Å². The van der Waals surface area contributed by atoms with Crippen molar-refractivity contribution in [1.29, 1.82) is 0 Å². The summed E-state index contributed by atoms with van der Waals surface area (Å²) in [5, 5.41) is 4.23. The number of ether oxygens (including phenoxy) is 1. The number of imide groups is 1. The molecule has 4 amide bonds. The number of rotatable bonds is 6. The number of carbonyl (C=O) groups is 4. The van der Waals surface area contributed by atoms with Gasteiger partial charge in [-0.1, -0.05) is 32.0 Å². The first-order valence-corrected chi connectivity index (χ1v) is 8.94. The van der Waals surface area contributed by atoms with E-state index in [9.17, 15) is 19.2 Å². The number of para-hydroxylation sites is 1. The van der Waals surface area contributed by atoms with Gasteiger partial charge in [-0.15, -0.1) is 0 Å². The van der Waals surface area contributed by atoms with Crippen molar-refractivity contribution in [3.8, 4) is 0 Å². The minimum absolute atomic E-state index is 0.0325. The highest BCUT2D eigenvalue weighted by atomic mass is 16.5. The molecule has 1 fully saturated rings. The highest BCUT2D eigenvalue weighted by Crippen LogP contribution is 2.33. The molecule has 0 unspecified atom stereocenters. The van der Waals surface area contributed by atoms with Crippen molar-refractivity contribution in [2.75, 3.05) is 25.1 Å². The molecule has 0 saturated carbocycles. The quantitative estimate of drug-likeness (QED) is 0.734. The van der Waals surface area contributed by atoms with Gasteiger partial charge in [-0.2, -0.15) is 0 Å². The number of hydrogen-bond acceptors (Lipinski definition) is 5. The van der Waals surface area contributed by atoms with Crippen molar-refractivity contribution in [2.24, 2.45) is 5.92 Å². The third-order valence-electron chi connectivity index (χ3n) is 4.65. The summed E-state index contributed by atoms with van der Waals surface area (Å²) in [6, 6.07) is 6.99. The SMILES string of the molecule is CC[C@H](C)c1ccccc1N1C[C@@H](C(=O)OCC(=O)NC(=O)NC)CC1=O. The van der Waals surface area contributed by atoms with Gasteiger partial charge in [0.2, 0.25) is 5.91 Å². The molecule has 8 nitrogen and oxygen atoms in total. The van der Waals surface area contributed by atoms with E-state index in [1.807, 2.05) is 29.6 Å². The van der Waals surface area contributed by atoms with Crippen molar-refractivity contribution < 1.29 is 23.9 Å². The Hall–Kier alpha value is -2.90. The van der Waals surface area contributed by atoms with E-state index in [1.165, 1.54) is 7.05 Å². The highest BCUT2D eigenvalue weighted by Gasteiger charge is 2.37. The van der Waals surface area contributed by atoms with Crippen molar-refractivity contribution in [3.05, 3.63) is 29.8 Å². The summed E-state index contributed by atoms with van der Waals surface area (Å²) >= 11 is 0. The zero-order chi connectivity index (χ0) is 20.0. The monoisotopic (exact) mass is 375 g/mol. The van der Waals surface area contributed by atoms with Gasteiger partial charge >= 0.3 is 12.0 Å². The lowest BCUT2D eigenvalue weighted by molar-refractivity contribution is -0.152. The Kier molecular flexibility index (Phi) is 6.92. The molecule has 1 heterocycles. The third-order valence-corrected chi connectivity index (χ3v) is 4.65. The highest BCUT2D eigenvalue weighted by molar-refractivity contribution is 6.00. The van der Waals surface area contributed by atoms with Crippen LogP contribution in [0.1, 0.15) is 38.2 Å². The molecule has 0 aromatic heterocycles. The van der Waals surface area contributed by atoms with E-state index in [2.05, 4.69) is 19.2 Å². The number of benzene rings is 1. The van der Waals surface area contributed by atoms with Crippen molar-refractivity contribution in [2.45, 2.75) is 32.6 Å². The maximum atomic E-state index is 12.5. The maximum Gasteiger partial charge on any atom is 0.321 e. The average Bonchev–Trinajstić information content (AvgIpc) is 3.06. The molecule has 146 valence electrons. The van der Waals surface area contributed by atoms with Crippen LogP contribution in [0.15, 0.2) is 24.3 Å². The fraction of sp³-hybridized carbons (Fsp3) is 0.474. The first-order valence-electron chi connectivity index (χ1n) is 8.94. The smallest absolute Gasteiger partial charge is 0.321 e. The molecule has 2 rings (SSSR count). The first kappa shape index (κ1) is 20.4. The van der Waals surface area contributed by atoms with Crippen LogP contribution in [0, 0.1) is 5.92 Å². The molecule has 0 aliphatic carbocycles. The molecule has 0 radical (unpaired) electrons. The lowest BCUT2D eigenvalue weighted by atomic mass is 9.96. The van der Waals surface area contributed by atoms with Crippen LogP contribution >= 0.6 is 0 Å². The maximum absolute atomic E-state index is 12.5. The summed E-state index contributed by atoms with van der Waals surface area (Å²) in [5.74, 6) is -1.86. The van der Waals surface area contributed by atoms with Gasteiger partial charge in [0, 0.05) is 25.7 Å². The second kappa shape index (κ2) is 9.16. The van der Waals surface area contributed by atoms with Crippen LogP contribution in [0.3, 0.4) is 0 Å². The molecule has 1 aliphatic rings. The molecule has 0 bridgehead atoms. The Morgan fingerprint density at radius 1 is 1.30 bits per heavy atom. The second-order valence-corrected chi connectivity index (χ2v) is 6.51. The number of anilines is 1. The summed E-state index contributed by atoms with van der Waals surface area (Å²) < 4.78 is 4.95. The summed E-state index contributed by atoms with van der Waals surface area (Å²) in [5.41, 5.74) is 1.87. The van der Waals surface area contributed by atoms with Crippen molar-refractivity contribution >= 4 is 29.5 Å². The average molecular weight is 375 g/mol. The fourth-order valence-electron chi connectivity index (χ4n) is 2.95. The summed E-state index contributed by atoms with van der Waals surface area (Å²) in [4.78, 5) is 48.8. The zero-order valence-corrected chi connectivity index (χ0v) is 15.8. The van der Waals surface area contributed by atoms with E-state index in [1.54, 1.807) is 4.90 Å². The normalized spacial score (nSPS) is 17.4. The standard InChI is InChI=1S/C19H25N3O5/c1-4-12(2)14-7-5-6-8-15(14)22-10-13(9-17(22)24)18(25)27-11-16(23)21-19(26)20-3/h5-8,12-13H,4,9-11H2,1-3H3,(H2,20,21,23,26)/t12-,13-/m0/s1. The Morgan fingerprint density at radius 3 is 2.67 bits per heavy atom. The molecular weight excluding hydrogens is 350 g/mol. The lowest BCUT2D eigenvalue weighted by Crippen LogP contribution is -2.40. The van der Waals surface area contributed by atoms with E-state index < -0.39 is 30.4 Å². The zero-order valence-electron chi connectivity index (χ0n) is 15.8. The number of hydrogen-bond donors (Lipinski definition) is 2. The number of esters is 1. The predicted octanol–water partition coefficient (Wildman–Crippen LogP) is 1.55. The van der Waals surface area contributed by atoms with Gasteiger partial charge in [-0.25, -0.2) is 4.79 Å². The molecule has 2 atom stereocenters. The Balaban J connectivity index is 2.00. The molecule has 2 N–H and O–H groups in total. The van der Waals surface area contributed by atoms with Crippen LogP contribution in [0.5, 0.6) is 0 Å². The van der Waals surface area contributed by atoms with Crippen LogP contribution in [-0.4, -0.2) is 44.0 Å². The van der Waals surface area contributed by atoms with Gasteiger partial charge in [0.15, 0.2) is 6.61 Å². The van der Waals surface area contributed by atoms with Crippen LogP contribution in [-0.2, 0) is 19.1 Å². The van der Waals surface area contributed by atoms with Gasteiger partial charge < -0.3 is 15.0 Å². The van der Waals surface area contributed by atoms with Crippen molar-refractivity contribution in [3.63, 3.8) is 0 Å². The molecule has 1 aromatic rings. The molecular formula is C19H25N3O5. The second-order valence-electron chi connectivity index (χ2n) is 6.51. The molecule has 8 heteroatoms. The van der Waals surface area contributed by atoms with Gasteiger partial charge in [-0.3, -0.25) is 19.7 Å². The Labute approximate surface area is 158 Å². The van der Waals surface area contributed by atoms with Gasteiger partial charge in [0.25, 0.3) is 5.91 Å². The van der Waals surface area contributed by atoms with E-state index in [-0.39, 0.29) is 24.8 Å². The summed E-state index contributed by atoms with van der Waals surface area (Å²) in [6.07, 6.45) is 0.968. The Bertz CT molecular complexity index is 734. The molecule has 1 saturated heterocycles. The van der Waals surface area contributed by atoms with Crippen LogP contribution < -0.4 is 15.5 Å². The predicted molar refractivity (Wildman–Crippen MR) is 99.2 cm³/mol. The van der Waals surface area contributed by atoms with Gasteiger partial charge in [0.05, 0.1) is 5.92 Å². The topological polar surface area (TPSA) is 105 Å². The van der Waals surface area contributed by atoms with Crippen LogP contribution in [0.4, 0.5) is 10.5 Å². The number of amides is 4. The third kappa shape index (κ3) is 5.06. The van der Waals surface area contributed by atoms with Gasteiger partial charge in [0.1, 0.15) is 0 Å². The first-order chi connectivity index (χ1) is 12.9. The van der Waals surface area contributed by atoms with E-state index in [0.717, 1.165) is 17.7 Å². The van der Waals surface area contributed by atoms with E-state index in [0.29, 0.717) is 0 Å². The summed E-state index contributed by atoms with van der Waals surface area (Å²) in [6.45, 7) is 3.82. The minimum Gasteiger partial charge on any atom is -0.455 e. The summed E-state index contributed by atoms with van der Waals surface area (Å²) in [7, 11) is 1.37. The van der Waals surface area contributed by atoms with Crippen LogP contribution in [0.2, 0.25) is 0 Å². The number of nitrogens with one attached hydrogen (secondary N) is 2. The lowest BCUT2D eigenvalue weighted by Gasteiger charge is -2.23. The molecule has 0 spiro atoms. The largest absolute Gasteiger partial charge is 0.455 e. The number of urea groups is 1. The Morgan fingerprint density at radius 2 is 2.00 bits per heavy atom.